The Hall–Kier alpha value is -3.30. The molecule has 0 spiro atoms. The fourth-order valence-corrected chi connectivity index (χ4v) is 5.19. The first kappa shape index (κ1) is 23.8. The van der Waals surface area contributed by atoms with E-state index in [4.69, 9.17) is 10.5 Å². The molecule has 2 N–H and O–H groups in total. The van der Waals surface area contributed by atoms with Gasteiger partial charge in [-0.15, -0.1) is 0 Å². The summed E-state index contributed by atoms with van der Waals surface area (Å²) >= 11 is 1.21. The van der Waals surface area contributed by atoms with Crippen molar-refractivity contribution in [2.24, 2.45) is 10.8 Å². The van der Waals surface area contributed by atoms with Crippen molar-refractivity contribution in [3.05, 3.63) is 95.8 Å². The molecule has 9 heteroatoms. The van der Waals surface area contributed by atoms with Gasteiger partial charge in [0, 0.05) is 11.8 Å². The molecule has 1 aliphatic heterocycles. The standard InChI is InChI=1S/C25H24F2N4O2S/c1-17(33-20-9-5-14-29-16-20)24(32)31-25(12-6-13-28,18-7-3-2-4-8-18)34-23(30-31)21-15-19(26)10-11-22(21)27/h2-5,7-11,14-17H,6,12-13,28H2,1H3/t17-,25?/m0/s1. The minimum Gasteiger partial charge on any atom is -0.479 e. The molecule has 1 unspecified atom stereocenters. The first-order valence-electron chi connectivity index (χ1n) is 10.8. The van der Waals surface area contributed by atoms with Gasteiger partial charge in [0.05, 0.1) is 6.20 Å². The number of carbonyl (C=O) groups is 1. The summed E-state index contributed by atoms with van der Waals surface area (Å²) in [6.45, 7) is 2.01. The highest BCUT2D eigenvalue weighted by Gasteiger charge is 2.49. The Labute approximate surface area is 200 Å². The first-order chi connectivity index (χ1) is 16.4. The summed E-state index contributed by atoms with van der Waals surface area (Å²) in [6, 6.07) is 16.0. The van der Waals surface area contributed by atoms with Crippen molar-refractivity contribution in [1.82, 2.24) is 9.99 Å². The van der Waals surface area contributed by atoms with Crippen molar-refractivity contribution in [3.8, 4) is 5.75 Å². The molecular formula is C25H24F2N4O2S. The normalized spacial score (nSPS) is 18.5. The van der Waals surface area contributed by atoms with E-state index in [9.17, 15) is 13.6 Å². The molecule has 0 aliphatic carbocycles. The molecule has 6 nitrogen and oxygen atoms in total. The van der Waals surface area contributed by atoms with Crippen molar-refractivity contribution in [2.75, 3.05) is 6.54 Å². The Balaban J connectivity index is 1.78. The number of nitrogens with zero attached hydrogens (tertiary/aromatic N) is 3. The molecule has 0 fully saturated rings. The molecule has 0 saturated heterocycles. The Kier molecular flexibility index (Phi) is 7.23. The lowest BCUT2D eigenvalue weighted by molar-refractivity contribution is -0.141. The molecule has 0 bridgehead atoms. The van der Waals surface area contributed by atoms with Crippen LogP contribution in [0.2, 0.25) is 0 Å². The van der Waals surface area contributed by atoms with Crippen LogP contribution in [0.5, 0.6) is 5.75 Å². The van der Waals surface area contributed by atoms with Gasteiger partial charge in [0.2, 0.25) is 0 Å². The van der Waals surface area contributed by atoms with Crippen LogP contribution in [-0.4, -0.2) is 33.6 Å². The number of hydrogen-bond acceptors (Lipinski definition) is 6. The van der Waals surface area contributed by atoms with E-state index in [-0.39, 0.29) is 10.6 Å². The number of halogens is 2. The number of ether oxygens (including phenoxy) is 1. The molecule has 0 saturated carbocycles. The van der Waals surface area contributed by atoms with Gasteiger partial charge in [0.1, 0.15) is 27.3 Å². The number of amides is 1. The number of carbonyl (C=O) groups excluding carboxylic acids is 1. The van der Waals surface area contributed by atoms with E-state index in [0.29, 0.717) is 25.1 Å². The maximum absolute atomic E-state index is 14.7. The lowest BCUT2D eigenvalue weighted by Crippen LogP contribution is -2.47. The molecule has 2 atom stereocenters. The van der Waals surface area contributed by atoms with Crippen LogP contribution < -0.4 is 10.5 Å². The number of benzene rings is 2. The van der Waals surface area contributed by atoms with Crippen molar-refractivity contribution in [1.29, 1.82) is 0 Å². The zero-order chi connectivity index (χ0) is 24.1. The van der Waals surface area contributed by atoms with Crippen LogP contribution in [0, 0.1) is 11.6 Å². The maximum Gasteiger partial charge on any atom is 0.285 e. The van der Waals surface area contributed by atoms with Crippen LogP contribution in [0.4, 0.5) is 8.78 Å². The molecule has 4 rings (SSSR count). The van der Waals surface area contributed by atoms with Gasteiger partial charge in [-0.25, -0.2) is 13.8 Å². The predicted octanol–water partition coefficient (Wildman–Crippen LogP) is 4.66. The second-order valence-corrected chi connectivity index (χ2v) is 9.04. The van der Waals surface area contributed by atoms with Crippen LogP contribution >= 0.6 is 11.8 Å². The van der Waals surface area contributed by atoms with E-state index < -0.39 is 28.5 Å². The highest BCUT2D eigenvalue weighted by Crippen LogP contribution is 2.50. The van der Waals surface area contributed by atoms with E-state index in [1.54, 1.807) is 25.3 Å². The van der Waals surface area contributed by atoms with E-state index in [2.05, 4.69) is 10.1 Å². The summed E-state index contributed by atoms with van der Waals surface area (Å²) in [6.07, 6.45) is 3.24. The van der Waals surface area contributed by atoms with Gasteiger partial charge in [-0.2, -0.15) is 5.10 Å². The van der Waals surface area contributed by atoms with Gasteiger partial charge in [-0.05, 0) is 62.2 Å². The monoisotopic (exact) mass is 482 g/mol. The summed E-state index contributed by atoms with van der Waals surface area (Å²) in [5.74, 6) is -1.21. The molecule has 2 heterocycles. The molecule has 34 heavy (non-hydrogen) atoms. The van der Waals surface area contributed by atoms with E-state index >= 15 is 0 Å². The summed E-state index contributed by atoms with van der Waals surface area (Å²) in [5, 5.41) is 6.07. The number of nitrogens with two attached hydrogens (primary N) is 1. The number of aromatic nitrogens is 1. The number of hydrazone groups is 1. The van der Waals surface area contributed by atoms with Crippen molar-refractivity contribution < 1.29 is 18.3 Å². The lowest BCUT2D eigenvalue weighted by atomic mass is 10.00. The topological polar surface area (TPSA) is 80.8 Å². The van der Waals surface area contributed by atoms with Crippen LogP contribution in [0.15, 0.2) is 78.2 Å². The smallest absolute Gasteiger partial charge is 0.285 e. The minimum absolute atomic E-state index is 0.00538. The highest BCUT2D eigenvalue weighted by atomic mass is 32.2. The Morgan fingerprint density at radius 3 is 2.68 bits per heavy atom. The zero-order valence-electron chi connectivity index (χ0n) is 18.5. The van der Waals surface area contributed by atoms with Crippen molar-refractivity contribution in [2.45, 2.75) is 30.7 Å². The molecule has 3 aromatic rings. The van der Waals surface area contributed by atoms with Crippen LogP contribution in [-0.2, 0) is 9.67 Å². The van der Waals surface area contributed by atoms with E-state index in [1.165, 1.54) is 23.0 Å². The molecular weight excluding hydrogens is 458 g/mol. The Morgan fingerprint density at radius 1 is 1.18 bits per heavy atom. The molecule has 2 aromatic carbocycles. The van der Waals surface area contributed by atoms with Gasteiger partial charge in [0.25, 0.3) is 5.91 Å². The van der Waals surface area contributed by atoms with E-state index in [1.807, 2.05) is 30.3 Å². The summed E-state index contributed by atoms with van der Waals surface area (Å²) in [7, 11) is 0. The Morgan fingerprint density at radius 2 is 1.97 bits per heavy atom. The minimum atomic E-state index is -1.00. The first-order valence-corrected chi connectivity index (χ1v) is 11.7. The molecule has 0 radical (unpaired) electrons. The van der Waals surface area contributed by atoms with Crippen molar-refractivity contribution >= 4 is 22.7 Å². The maximum atomic E-state index is 14.7. The number of pyridine rings is 1. The Bertz CT molecular complexity index is 1180. The molecule has 1 amide bonds. The predicted molar refractivity (Wildman–Crippen MR) is 128 cm³/mol. The quantitative estimate of drug-likeness (QED) is 0.505. The van der Waals surface area contributed by atoms with Gasteiger partial charge < -0.3 is 10.5 Å². The second-order valence-electron chi connectivity index (χ2n) is 7.77. The average Bonchev–Trinajstić information content (AvgIpc) is 3.25. The lowest BCUT2D eigenvalue weighted by Gasteiger charge is -2.37. The van der Waals surface area contributed by atoms with Crippen molar-refractivity contribution in [3.63, 3.8) is 0 Å². The number of rotatable bonds is 8. The highest BCUT2D eigenvalue weighted by molar-refractivity contribution is 8.15. The molecule has 176 valence electrons. The zero-order valence-corrected chi connectivity index (χ0v) is 19.3. The van der Waals surface area contributed by atoms with Gasteiger partial charge in [0.15, 0.2) is 6.10 Å². The molecule has 1 aromatic heterocycles. The van der Waals surface area contributed by atoms with Gasteiger partial charge in [-0.3, -0.25) is 9.78 Å². The summed E-state index contributed by atoms with van der Waals surface area (Å²) < 4.78 is 34.5. The van der Waals surface area contributed by atoms with Gasteiger partial charge >= 0.3 is 0 Å². The summed E-state index contributed by atoms with van der Waals surface area (Å²) in [5.41, 5.74) is 6.62. The fraction of sp³-hybridized carbons (Fsp3) is 0.240. The molecule has 1 aliphatic rings. The third-order valence-corrected chi connectivity index (χ3v) is 6.85. The van der Waals surface area contributed by atoms with Gasteiger partial charge in [-0.1, -0.05) is 42.1 Å². The number of hydrogen-bond donors (Lipinski definition) is 1. The SMILES string of the molecule is C[C@H](Oc1cccnc1)C(=O)N1N=C(c2cc(F)ccc2F)SC1(CCCN)c1ccccc1. The third kappa shape index (κ3) is 4.80. The van der Waals surface area contributed by atoms with Crippen LogP contribution in [0.1, 0.15) is 30.9 Å². The van der Waals surface area contributed by atoms with Crippen LogP contribution in [0.25, 0.3) is 0 Å². The largest absolute Gasteiger partial charge is 0.479 e. The van der Waals surface area contributed by atoms with E-state index in [0.717, 1.165) is 23.8 Å². The fourth-order valence-electron chi connectivity index (χ4n) is 3.76. The number of thioether (sulfide) groups is 1. The third-order valence-electron chi connectivity index (χ3n) is 5.41. The van der Waals surface area contributed by atoms with Crippen LogP contribution in [0.3, 0.4) is 0 Å². The summed E-state index contributed by atoms with van der Waals surface area (Å²) in [4.78, 5) is 16.7. The average molecular weight is 483 g/mol. The second kappa shape index (κ2) is 10.3.